The number of halogens is 1. The molecular weight excluding hydrogens is 364 g/mol. The molecule has 0 unspecified atom stereocenters. The zero-order valence-corrected chi connectivity index (χ0v) is 15.2. The van der Waals surface area contributed by atoms with Gasteiger partial charge in [0.15, 0.2) is 5.65 Å². The van der Waals surface area contributed by atoms with Crippen LogP contribution >= 0.6 is 15.9 Å². The van der Waals surface area contributed by atoms with Crippen LogP contribution in [0.4, 0.5) is 0 Å². The number of pyridine rings is 1. The Hall–Kier alpha value is -1.69. The highest BCUT2D eigenvalue weighted by Gasteiger charge is 2.18. The summed E-state index contributed by atoms with van der Waals surface area (Å²) in [5.74, 6) is 0. The first-order chi connectivity index (χ1) is 11.8. The lowest BCUT2D eigenvalue weighted by Crippen LogP contribution is -2.28. The van der Waals surface area contributed by atoms with Crippen LogP contribution in [0.3, 0.4) is 0 Å². The summed E-state index contributed by atoms with van der Waals surface area (Å²) >= 11 is 3.65. The fourth-order valence-corrected chi connectivity index (χ4v) is 3.77. The van der Waals surface area contributed by atoms with E-state index in [9.17, 15) is 0 Å². The summed E-state index contributed by atoms with van der Waals surface area (Å²) in [6.45, 7) is 5.29. The molecule has 1 fully saturated rings. The average molecular weight is 385 g/mol. The topological polar surface area (TPSA) is 32.6 Å². The van der Waals surface area contributed by atoms with Crippen LogP contribution in [-0.4, -0.2) is 40.5 Å². The molecule has 0 amide bonds. The fourth-order valence-electron chi connectivity index (χ4n) is 3.33. The molecule has 1 aliphatic heterocycles. The molecular formula is C19H21BrN4. The lowest BCUT2D eigenvalue weighted by molar-refractivity contribution is 0.281. The van der Waals surface area contributed by atoms with Gasteiger partial charge in [0.1, 0.15) is 0 Å². The minimum absolute atomic E-state index is 0.920. The van der Waals surface area contributed by atoms with Crippen molar-refractivity contribution in [2.75, 3.05) is 26.2 Å². The molecule has 4 nitrogen and oxygen atoms in total. The molecule has 0 radical (unpaired) electrons. The second-order valence-electron chi connectivity index (χ2n) is 6.20. The van der Waals surface area contributed by atoms with Crippen molar-refractivity contribution in [3.05, 3.63) is 58.8 Å². The molecule has 4 rings (SSSR count). The van der Waals surface area contributed by atoms with Gasteiger partial charge < -0.3 is 9.72 Å². The van der Waals surface area contributed by atoms with E-state index in [1.54, 1.807) is 0 Å². The minimum Gasteiger partial charge on any atom is -0.315 e. The Morgan fingerprint density at radius 3 is 2.79 bits per heavy atom. The minimum atomic E-state index is 0.920. The van der Waals surface area contributed by atoms with E-state index in [4.69, 9.17) is 4.98 Å². The van der Waals surface area contributed by atoms with Crippen LogP contribution in [-0.2, 0) is 6.54 Å². The van der Waals surface area contributed by atoms with Crippen LogP contribution in [0, 0.1) is 0 Å². The highest BCUT2D eigenvalue weighted by molar-refractivity contribution is 9.10. The van der Waals surface area contributed by atoms with Crippen LogP contribution in [0.15, 0.2) is 53.1 Å². The molecule has 3 aromatic rings. The van der Waals surface area contributed by atoms with Crippen LogP contribution in [0.25, 0.3) is 16.9 Å². The molecule has 0 atom stereocenters. The average Bonchev–Trinajstić information content (AvgIpc) is 2.79. The Bertz CT molecular complexity index is 820. The predicted molar refractivity (Wildman–Crippen MR) is 101 cm³/mol. The molecule has 1 saturated heterocycles. The third kappa shape index (κ3) is 3.11. The van der Waals surface area contributed by atoms with Crippen LogP contribution < -0.4 is 5.32 Å². The molecule has 124 valence electrons. The zero-order valence-electron chi connectivity index (χ0n) is 13.6. The normalized spacial score (nSPS) is 16.4. The number of nitrogens with one attached hydrogen (secondary N) is 1. The Kier molecular flexibility index (Phi) is 4.65. The fraction of sp³-hybridized carbons (Fsp3) is 0.316. The monoisotopic (exact) mass is 384 g/mol. The molecule has 1 N–H and O–H groups in total. The Balaban J connectivity index is 1.80. The van der Waals surface area contributed by atoms with Gasteiger partial charge in [-0.25, -0.2) is 4.98 Å². The summed E-state index contributed by atoms with van der Waals surface area (Å²) in [7, 11) is 0. The molecule has 1 aliphatic rings. The van der Waals surface area contributed by atoms with Crippen molar-refractivity contribution in [1.29, 1.82) is 0 Å². The summed E-state index contributed by atoms with van der Waals surface area (Å²) in [4.78, 5) is 7.47. The lowest BCUT2D eigenvalue weighted by atomic mass is 10.1. The van der Waals surface area contributed by atoms with Gasteiger partial charge in [-0.2, -0.15) is 0 Å². The third-order valence-electron chi connectivity index (χ3n) is 4.55. The van der Waals surface area contributed by atoms with Crippen LogP contribution in [0.5, 0.6) is 0 Å². The zero-order chi connectivity index (χ0) is 16.4. The van der Waals surface area contributed by atoms with Crippen LogP contribution in [0.2, 0.25) is 0 Å². The van der Waals surface area contributed by atoms with Crippen molar-refractivity contribution in [3.8, 4) is 11.3 Å². The van der Waals surface area contributed by atoms with Gasteiger partial charge in [0, 0.05) is 31.4 Å². The number of hydrogen-bond donors (Lipinski definition) is 1. The molecule has 0 bridgehead atoms. The third-order valence-corrected chi connectivity index (χ3v) is 5.17. The lowest BCUT2D eigenvalue weighted by Gasteiger charge is -2.20. The number of benzene rings is 1. The molecule has 1 aromatic carbocycles. The van der Waals surface area contributed by atoms with Gasteiger partial charge >= 0.3 is 0 Å². The maximum atomic E-state index is 4.95. The van der Waals surface area contributed by atoms with E-state index < -0.39 is 0 Å². The Morgan fingerprint density at radius 1 is 1.04 bits per heavy atom. The molecule has 0 spiro atoms. The molecule has 0 saturated carbocycles. The molecule has 2 aromatic heterocycles. The number of imidazole rings is 1. The molecule has 3 heterocycles. The van der Waals surface area contributed by atoms with E-state index in [1.165, 1.54) is 17.7 Å². The summed E-state index contributed by atoms with van der Waals surface area (Å²) in [6.07, 6.45) is 3.31. The van der Waals surface area contributed by atoms with E-state index in [2.05, 4.69) is 79.2 Å². The van der Waals surface area contributed by atoms with Crippen molar-refractivity contribution in [3.63, 3.8) is 0 Å². The van der Waals surface area contributed by atoms with Gasteiger partial charge in [0.2, 0.25) is 0 Å². The Morgan fingerprint density at radius 2 is 1.92 bits per heavy atom. The first-order valence-corrected chi connectivity index (χ1v) is 9.26. The number of rotatable bonds is 3. The van der Waals surface area contributed by atoms with Crippen LogP contribution in [0.1, 0.15) is 12.1 Å². The number of fused-ring (bicyclic) bond motifs is 1. The van der Waals surface area contributed by atoms with E-state index in [0.29, 0.717) is 0 Å². The van der Waals surface area contributed by atoms with Crippen molar-refractivity contribution in [1.82, 2.24) is 19.6 Å². The quantitative estimate of drug-likeness (QED) is 0.749. The van der Waals surface area contributed by atoms with Crippen molar-refractivity contribution < 1.29 is 0 Å². The van der Waals surface area contributed by atoms with E-state index in [-0.39, 0.29) is 0 Å². The maximum absolute atomic E-state index is 4.95. The number of aromatic nitrogens is 2. The second kappa shape index (κ2) is 7.05. The van der Waals surface area contributed by atoms with Gasteiger partial charge in [0.25, 0.3) is 0 Å². The van der Waals surface area contributed by atoms with E-state index in [1.807, 2.05) is 0 Å². The highest BCUT2D eigenvalue weighted by atomic mass is 79.9. The molecule has 0 aliphatic carbocycles. The molecule has 24 heavy (non-hydrogen) atoms. The van der Waals surface area contributed by atoms with Gasteiger partial charge in [-0.05, 0) is 47.6 Å². The summed E-state index contributed by atoms with van der Waals surface area (Å²) < 4.78 is 3.26. The summed E-state index contributed by atoms with van der Waals surface area (Å²) in [6, 6.07) is 14.6. The first kappa shape index (κ1) is 15.8. The van der Waals surface area contributed by atoms with Gasteiger partial charge in [0.05, 0.1) is 15.9 Å². The standard InChI is InChI=1S/C19H21BrN4/c20-16-8-4-12-24-17(14-23-11-5-9-21-10-13-23)18(22-19(16)24)15-6-2-1-3-7-15/h1-4,6-8,12,21H,5,9-11,13-14H2. The second-order valence-corrected chi connectivity index (χ2v) is 7.06. The van der Waals surface area contributed by atoms with Crippen molar-refractivity contribution in [2.24, 2.45) is 0 Å². The largest absolute Gasteiger partial charge is 0.315 e. The van der Waals surface area contributed by atoms with Crippen molar-refractivity contribution >= 4 is 21.6 Å². The number of nitrogens with zero attached hydrogens (tertiary/aromatic N) is 3. The summed E-state index contributed by atoms with van der Waals surface area (Å²) in [5.41, 5.74) is 4.51. The van der Waals surface area contributed by atoms with Gasteiger partial charge in [-0.15, -0.1) is 0 Å². The first-order valence-electron chi connectivity index (χ1n) is 8.47. The highest BCUT2D eigenvalue weighted by Crippen LogP contribution is 2.28. The Labute approximate surface area is 150 Å². The SMILES string of the molecule is Brc1cccn2c(CN3CCCNCC3)c(-c3ccccc3)nc12. The van der Waals surface area contributed by atoms with E-state index >= 15 is 0 Å². The maximum Gasteiger partial charge on any atom is 0.152 e. The van der Waals surface area contributed by atoms with Crippen molar-refractivity contribution in [2.45, 2.75) is 13.0 Å². The van der Waals surface area contributed by atoms with E-state index in [0.717, 1.165) is 48.5 Å². The smallest absolute Gasteiger partial charge is 0.152 e. The molecule has 5 heteroatoms. The predicted octanol–water partition coefficient (Wildman–Crippen LogP) is 3.56. The number of hydrogen-bond acceptors (Lipinski definition) is 3. The van der Waals surface area contributed by atoms with Gasteiger partial charge in [-0.3, -0.25) is 4.90 Å². The summed E-state index contributed by atoms with van der Waals surface area (Å²) in [5, 5.41) is 3.48. The van der Waals surface area contributed by atoms with Gasteiger partial charge in [-0.1, -0.05) is 30.3 Å².